The largest absolute Gasteiger partial charge is 0.457 e. The van der Waals surface area contributed by atoms with Crippen LogP contribution in [-0.2, 0) is 4.74 Å². The highest BCUT2D eigenvalue weighted by molar-refractivity contribution is 8.04. The molecule has 0 aromatic rings. The second-order valence-corrected chi connectivity index (χ2v) is 7.21. The van der Waals surface area contributed by atoms with Crippen LogP contribution in [0.1, 0.15) is 12.8 Å². The van der Waals surface area contributed by atoms with Gasteiger partial charge in [-0.3, -0.25) is 0 Å². The number of hydrogen-bond acceptors (Lipinski definition) is 5. The number of ether oxygens (including phenoxy) is 1. The lowest BCUT2D eigenvalue weighted by atomic mass is 9.98. The molecule has 3 rings (SSSR count). The van der Waals surface area contributed by atoms with E-state index in [4.69, 9.17) is 10.00 Å². The summed E-state index contributed by atoms with van der Waals surface area (Å²) in [6.07, 6.45) is 1.14. The van der Waals surface area contributed by atoms with E-state index in [0.29, 0.717) is 0 Å². The molecule has 2 aliphatic carbocycles. The quantitative estimate of drug-likeness (QED) is 0.528. The third-order valence-corrected chi connectivity index (χ3v) is 5.30. The molecule has 0 saturated heterocycles. The lowest BCUT2D eigenvalue weighted by molar-refractivity contribution is -0.226. The number of hydrogen-bond donors (Lipinski definition) is 2. The first-order valence-electron chi connectivity index (χ1n) is 7.85. The summed E-state index contributed by atoms with van der Waals surface area (Å²) in [4.78, 5) is -0.262. The van der Waals surface area contributed by atoms with Gasteiger partial charge in [-0.05, 0) is 42.1 Å². The second kappa shape index (κ2) is 7.24. The highest BCUT2D eigenvalue weighted by Crippen LogP contribution is 2.56. The van der Waals surface area contributed by atoms with Crippen LogP contribution in [0, 0.1) is 11.3 Å². The Morgan fingerprint density at radius 3 is 2.57 bits per heavy atom. The molecule has 0 fully saturated rings. The summed E-state index contributed by atoms with van der Waals surface area (Å²) < 4.78 is 73.6. The Labute approximate surface area is 160 Å². The molecule has 0 aromatic heterocycles. The zero-order chi connectivity index (χ0) is 20.7. The van der Waals surface area contributed by atoms with E-state index in [1.54, 1.807) is 6.07 Å². The molecule has 0 aromatic carbocycles. The molecule has 2 N–H and O–H groups in total. The highest BCUT2D eigenvalue weighted by Gasteiger charge is 2.61. The van der Waals surface area contributed by atoms with Gasteiger partial charge in [-0.25, -0.2) is 13.2 Å². The molecule has 0 atom stereocenters. The molecule has 3 aliphatic rings. The molecule has 0 saturated carbocycles. The van der Waals surface area contributed by atoms with E-state index in [-0.39, 0.29) is 34.4 Å². The molecular weight excluding hydrogens is 405 g/mol. The van der Waals surface area contributed by atoms with Crippen LogP contribution in [0.5, 0.6) is 0 Å². The molecule has 148 valence electrons. The van der Waals surface area contributed by atoms with Gasteiger partial charge >= 0.3 is 5.25 Å². The van der Waals surface area contributed by atoms with Crippen LogP contribution in [0.4, 0.5) is 22.0 Å². The zero-order valence-corrected chi connectivity index (χ0v) is 14.7. The number of rotatable bonds is 3. The topological polar surface area (TPSA) is 73.5 Å². The molecule has 4 nitrogen and oxygen atoms in total. The van der Waals surface area contributed by atoms with Crippen molar-refractivity contribution < 1.29 is 36.9 Å². The molecule has 0 unspecified atom stereocenters. The van der Waals surface area contributed by atoms with Gasteiger partial charge < -0.3 is 14.9 Å². The second-order valence-electron chi connectivity index (χ2n) is 6.05. The molecular formula is C18H12F5NO3S. The Bertz CT molecular complexity index is 935. The van der Waals surface area contributed by atoms with Crippen molar-refractivity contribution in [3.05, 3.63) is 69.3 Å². The van der Waals surface area contributed by atoms with E-state index in [0.717, 1.165) is 24.3 Å². The number of thioether (sulfide) groups is 1. The smallest absolute Gasteiger partial charge is 0.354 e. The van der Waals surface area contributed by atoms with Crippen molar-refractivity contribution in [3.63, 3.8) is 0 Å². The third kappa shape index (κ3) is 3.65. The first-order chi connectivity index (χ1) is 13.0. The maximum absolute atomic E-state index is 13.8. The van der Waals surface area contributed by atoms with Crippen molar-refractivity contribution in [2.75, 3.05) is 0 Å². The molecule has 10 heteroatoms. The Kier molecular flexibility index (Phi) is 5.27. The Morgan fingerprint density at radius 2 is 1.93 bits per heavy atom. The van der Waals surface area contributed by atoms with Gasteiger partial charge in [0.15, 0.2) is 0 Å². The summed E-state index contributed by atoms with van der Waals surface area (Å²) >= 11 is -0.154. The predicted molar refractivity (Wildman–Crippen MR) is 90.2 cm³/mol. The summed E-state index contributed by atoms with van der Waals surface area (Å²) in [6.45, 7) is 0. The van der Waals surface area contributed by atoms with Crippen LogP contribution in [0.2, 0.25) is 0 Å². The minimum atomic E-state index is -3.99. The fourth-order valence-electron chi connectivity index (χ4n) is 2.73. The summed E-state index contributed by atoms with van der Waals surface area (Å²) in [5.41, 5.74) is -1.51. The molecule has 0 radical (unpaired) electrons. The number of aliphatic hydroxyl groups is 2. The molecule has 0 amide bonds. The van der Waals surface area contributed by atoms with Crippen molar-refractivity contribution in [2.45, 2.75) is 30.3 Å². The van der Waals surface area contributed by atoms with Gasteiger partial charge in [0, 0.05) is 28.9 Å². The molecule has 1 aliphatic heterocycles. The molecule has 0 bridgehead atoms. The monoisotopic (exact) mass is 417 g/mol. The maximum Gasteiger partial charge on any atom is 0.354 e. The SMILES string of the molecule is N#CC1=CC(OC2=C(C(F)F)CC3=C(C=C2)SC(F)(F)C3(O)O)=CCC(F)=C1. The van der Waals surface area contributed by atoms with E-state index in [1.807, 2.05) is 0 Å². The summed E-state index contributed by atoms with van der Waals surface area (Å²) in [6, 6.07) is 1.72. The van der Waals surface area contributed by atoms with Gasteiger partial charge in [0.25, 0.3) is 12.2 Å². The normalized spacial score (nSPS) is 23.5. The fraction of sp³-hybridized carbons (Fsp3) is 0.278. The van der Waals surface area contributed by atoms with E-state index in [2.05, 4.69) is 0 Å². The van der Waals surface area contributed by atoms with Crippen LogP contribution >= 0.6 is 11.8 Å². The standard InChI is InChI=1S/C18H12F5NO3S/c19-10-1-2-11(6-9(5-10)8-24)27-14-3-4-15-13(7-12(14)16(20)21)17(25,26)18(22,23)28-15/h2-6,16,25-26H,1,7H2. The minimum Gasteiger partial charge on any atom is -0.457 e. The summed E-state index contributed by atoms with van der Waals surface area (Å²) in [5.74, 6) is -4.71. The average Bonchev–Trinajstić information content (AvgIpc) is 2.80. The Balaban J connectivity index is 1.96. The Hall–Kier alpha value is -2.35. The Morgan fingerprint density at radius 1 is 1.21 bits per heavy atom. The van der Waals surface area contributed by atoms with Crippen LogP contribution in [0.25, 0.3) is 0 Å². The number of allylic oxidation sites excluding steroid dienone is 8. The summed E-state index contributed by atoms with van der Waals surface area (Å²) in [7, 11) is 0. The maximum atomic E-state index is 13.8. The molecule has 28 heavy (non-hydrogen) atoms. The van der Waals surface area contributed by atoms with Gasteiger partial charge in [0.05, 0.1) is 11.6 Å². The van der Waals surface area contributed by atoms with Crippen LogP contribution < -0.4 is 0 Å². The van der Waals surface area contributed by atoms with Crippen molar-refractivity contribution in [1.82, 2.24) is 0 Å². The lowest BCUT2D eigenvalue weighted by Crippen LogP contribution is -2.44. The van der Waals surface area contributed by atoms with Crippen LogP contribution in [0.3, 0.4) is 0 Å². The number of alkyl halides is 4. The molecule has 0 spiro atoms. The number of halogens is 5. The highest BCUT2D eigenvalue weighted by atomic mass is 32.2. The lowest BCUT2D eigenvalue weighted by Gasteiger charge is -2.26. The van der Waals surface area contributed by atoms with Crippen LogP contribution in [-0.4, -0.2) is 27.7 Å². The first kappa shape index (κ1) is 20.4. The van der Waals surface area contributed by atoms with Gasteiger partial charge in [-0.2, -0.15) is 14.0 Å². The number of nitriles is 1. The van der Waals surface area contributed by atoms with Gasteiger partial charge in [-0.15, -0.1) is 0 Å². The summed E-state index contributed by atoms with van der Waals surface area (Å²) in [5, 5.41) is 24.5. The first-order valence-corrected chi connectivity index (χ1v) is 8.67. The number of nitrogens with zero attached hydrogens (tertiary/aromatic N) is 1. The van der Waals surface area contributed by atoms with Crippen molar-refractivity contribution >= 4 is 11.8 Å². The van der Waals surface area contributed by atoms with Crippen molar-refractivity contribution in [3.8, 4) is 6.07 Å². The fourth-order valence-corrected chi connectivity index (χ4v) is 3.74. The molecule has 1 heterocycles. The van der Waals surface area contributed by atoms with E-state index in [9.17, 15) is 32.2 Å². The van der Waals surface area contributed by atoms with Crippen LogP contribution in [0.15, 0.2) is 69.3 Å². The third-order valence-electron chi connectivity index (χ3n) is 4.16. The van der Waals surface area contributed by atoms with Crippen molar-refractivity contribution in [1.29, 1.82) is 5.26 Å². The predicted octanol–water partition coefficient (Wildman–Crippen LogP) is 4.35. The zero-order valence-electron chi connectivity index (χ0n) is 13.9. The van der Waals surface area contributed by atoms with Crippen molar-refractivity contribution in [2.24, 2.45) is 0 Å². The van der Waals surface area contributed by atoms with E-state index >= 15 is 0 Å². The van der Waals surface area contributed by atoms with Gasteiger partial charge in [0.1, 0.15) is 17.3 Å². The average molecular weight is 417 g/mol. The van der Waals surface area contributed by atoms with Gasteiger partial charge in [0.2, 0.25) is 0 Å². The minimum absolute atomic E-state index is 0.0856. The van der Waals surface area contributed by atoms with E-state index < -0.39 is 46.6 Å². The van der Waals surface area contributed by atoms with Gasteiger partial charge in [-0.1, -0.05) is 0 Å². The van der Waals surface area contributed by atoms with E-state index in [1.165, 1.54) is 6.08 Å².